The quantitative estimate of drug-likeness (QED) is 0.904. The van der Waals surface area contributed by atoms with Gasteiger partial charge in [0.2, 0.25) is 0 Å². The maximum atomic E-state index is 12.1. The average molecular weight is 278 g/mol. The highest BCUT2D eigenvalue weighted by Crippen LogP contribution is 2.15. The summed E-state index contributed by atoms with van der Waals surface area (Å²) >= 11 is 1.53. The maximum Gasteiger partial charge on any atom is 0.259 e. The standard InChI is InChI=1S/C13H18N4OS/c1-9-8-19-13-15-11(5-12(18)17(9)13)7-16-4-3-10(6-16)14-2/h5,8,10,14H,3-4,6-7H2,1-2H3. The van der Waals surface area contributed by atoms with Gasteiger partial charge in [-0.2, -0.15) is 0 Å². The van der Waals surface area contributed by atoms with Crippen LogP contribution in [0.15, 0.2) is 16.2 Å². The smallest absolute Gasteiger partial charge is 0.259 e. The highest BCUT2D eigenvalue weighted by molar-refractivity contribution is 7.15. The van der Waals surface area contributed by atoms with Gasteiger partial charge in [0.05, 0.1) is 5.69 Å². The van der Waals surface area contributed by atoms with Gasteiger partial charge < -0.3 is 5.32 Å². The van der Waals surface area contributed by atoms with E-state index in [-0.39, 0.29) is 5.56 Å². The van der Waals surface area contributed by atoms with E-state index in [0.717, 1.165) is 42.4 Å². The number of nitrogens with zero attached hydrogens (tertiary/aromatic N) is 3. The number of likely N-dealkylation sites (N-methyl/N-ethyl adjacent to an activating group) is 1. The van der Waals surface area contributed by atoms with Crippen molar-refractivity contribution in [3.05, 3.63) is 33.2 Å². The number of aryl methyl sites for hydroxylation is 1. The summed E-state index contributed by atoms with van der Waals surface area (Å²) in [6.07, 6.45) is 1.16. The van der Waals surface area contributed by atoms with Crippen LogP contribution in [0.1, 0.15) is 17.8 Å². The first-order valence-corrected chi connectivity index (χ1v) is 7.42. The number of likely N-dealkylation sites (tertiary alicyclic amines) is 1. The number of nitrogens with one attached hydrogen (secondary N) is 1. The van der Waals surface area contributed by atoms with Crippen LogP contribution < -0.4 is 10.9 Å². The van der Waals surface area contributed by atoms with Gasteiger partial charge in [-0.05, 0) is 20.4 Å². The Balaban J connectivity index is 1.84. The summed E-state index contributed by atoms with van der Waals surface area (Å²) in [5.74, 6) is 0. The second kappa shape index (κ2) is 5.03. The molecule has 0 amide bonds. The molecule has 2 aromatic heterocycles. The molecule has 3 heterocycles. The van der Waals surface area contributed by atoms with E-state index in [2.05, 4.69) is 15.2 Å². The van der Waals surface area contributed by atoms with Crippen LogP contribution in [0.25, 0.3) is 4.96 Å². The van der Waals surface area contributed by atoms with Crippen LogP contribution in [0.3, 0.4) is 0 Å². The van der Waals surface area contributed by atoms with Crippen molar-refractivity contribution < 1.29 is 0 Å². The summed E-state index contributed by atoms with van der Waals surface area (Å²) in [6.45, 7) is 4.79. The van der Waals surface area contributed by atoms with E-state index in [1.807, 2.05) is 19.4 Å². The second-order valence-corrected chi connectivity index (χ2v) is 5.93. The molecular formula is C13H18N4OS. The van der Waals surface area contributed by atoms with Crippen LogP contribution in [0.5, 0.6) is 0 Å². The molecule has 0 aromatic carbocycles. The molecule has 0 radical (unpaired) electrons. The first-order chi connectivity index (χ1) is 9.17. The zero-order valence-electron chi connectivity index (χ0n) is 11.2. The zero-order valence-corrected chi connectivity index (χ0v) is 12.0. The number of hydrogen-bond acceptors (Lipinski definition) is 5. The number of fused-ring (bicyclic) bond motifs is 1. The summed E-state index contributed by atoms with van der Waals surface area (Å²) in [6, 6.07) is 2.23. The van der Waals surface area contributed by atoms with E-state index in [1.165, 1.54) is 11.3 Å². The molecule has 0 saturated carbocycles. The van der Waals surface area contributed by atoms with Crippen LogP contribution in [0.4, 0.5) is 0 Å². The van der Waals surface area contributed by atoms with Gasteiger partial charge in [-0.15, -0.1) is 11.3 Å². The molecule has 1 aliphatic rings. The van der Waals surface area contributed by atoms with Crippen molar-refractivity contribution in [1.29, 1.82) is 0 Å². The van der Waals surface area contributed by atoms with Gasteiger partial charge in [-0.1, -0.05) is 0 Å². The Bertz CT molecular complexity index is 648. The first-order valence-electron chi connectivity index (χ1n) is 6.54. The van der Waals surface area contributed by atoms with Crippen LogP contribution in [0, 0.1) is 6.92 Å². The van der Waals surface area contributed by atoms with Crippen LogP contribution in [-0.2, 0) is 6.54 Å². The van der Waals surface area contributed by atoms with Crippen molar-refractivity contribution in [3.8, 4) is 0 Å². The van der Waals surface area contributed by atoms with Crippen molar-refractivity contribution in [2.75, 3.05) is 20.1 Å². The van der Waals surface area contributed by atoms with Crippen molar-refractivity contribution in [2.24, 2.45) is 0 Å². The molecule has 1 unspecified atom stereocenters. The Morgan fingerprint density at radius 3 is 3.16 bits per heavy atom. The SMILES string of the molecule is CNC1CCN(Cc2cc(=O)n3c(C)csc3n2)C1. The minimum absolute atomic E-state index is 0.0307. The minimum atomic E-state index is 0.0307. The Hall–Kier alpha value is -1.24. The van der Waals surface area contributed by atoms with E-state index >= 15 is 0 Å². The predicted molar refractivity (Wildman–Crippen MR) is 76.8 cm³/mol. The van der Waals surface area contributed by atoms with Crippen LogP contribution in [-0.4, -0.2) is 40.5 Å². The maximum absolute atomic E-state index is 12.1. The predicted octanol–water partition coefficient (Wildman–Crippen LogP) is 0.858. The summed E-state index contributed by atoms with van der Waals surface area (Å²) in [5, 5.41) is 5.27. The van der Waals surface area contributed by atoms with Crippen molar-refractivity contribution in [3.63, 3.8) is 0 Å². The van der Waals surface area contributed by atoms with Crippen molar-refractivity contribution in [1.82, 2.24) is 19.6 Å². The Morgan fingerprint density at radius 2 is 2.42 bits per heavy atom. The molecule has 0 spiro atoms. The van der Waals surface area contributed by atoms with E-state index in [0.29, 0.717) is 6.04 Å². The molecule has 1 atom stereocenters. The first kappa shape index (κ1) is 12.8. The molecule has 1 saturated heterocycles. The number of rotatable bonds is 3. The lowest BCUT2D eigenvalue weighted by molar-refractivity contribution is 0.318. The fourth-order valence-electron chi connectivity index (χ4n) is 2.62. The molecular weight excluding hydrogens is 260 g/mol. The summed E-state index contributed by atoms with van der Waals surface area (Å²) in [4.78, 5) is 19.8. The molecule has 3 rings (SSSR count). The molecule has 1 N–H and O–H groups in total. The summed E-state index contributed by atoms with van der Waals surface area (Å²) < 4.78 is 1.68. The lowest BCUT2D eigenvalue weighted by Gasteiger charge is -2.15. The summed E-state index contributed by atoms with van der Waals surface area (Å²) in [7, 11) is 2.00. The van der Waals surface area contributed by atoms with Gasteiger partial charge in [0.1, 0.15) is 0 Å². The van der Waals surface area contributed by atoms with Gasteiger partial charge in [-0.25, -0.2) is 4.98 Å². The van der Waals surface area contributed by atoms with Gasteiger partial charge >= 0.3 is 0 Å². The molecule has 0 bridgehead atoms. The van der Waals surface area contributed by atoms with E-state index < -0.39 is 0 Å². The van der Waals surface area contributed by atoms with Gasteiger partial charge in [-0.3, -0.25) is 14.1 Å². The monoisotopic (exact) mass is 278 g/mol. The van der Waals surface area contributed by atoms with E-state index in [9.17, 15) is 4.79 Å². The van der Waals surface area contributed by atoms with Gasteiger partial charge in [0.25, 0.3) is 5.56 Å². The molecule has 102 valence electrons. The molecule has 19 heavy (non-hydrogen) atoms. The number of hydrogen-bond donors (Lipinski definition) is 1. The second-order valence-electron chi connectivity index (χ2n) is 5.09. The fraction of sp³-hybridized carbons (Fsp3) is 0.538. The third kappa shape index (κ3) is 2.43. The van der Waals surface area contributed by atoms with E-state index in [1.54, 1.807) is 10.5 Å². The number of aromatic nitrogens is 2. The van der Waals surface area contributed by atoms with Crippen molar-refractivity contribution in [2.45, 2.75) is 25.9 Å². The number of thiazole rings is 1. The third-order valence-corrected chi connectivity index (χ3v) is 4.64. The van der Waals surface area contributed by atoms with Gasteiger partial charge in [0, 0.05) is 42.8 Å². The zero-order chi connectivity index (χ0) is 13.4. The minimum Gasteiger partial charge on any atom is -0.316 e. The molecule has 6 heteroatoms. The van der Waals surface area contributed by atoms with Crippen molar-refractivity contribution >= 4 is 16.3 Å². The molecule has 1 aliphatic heterocycles. The Labute approximate surface area is 115 Å². The lowest BCUT2D eigenvalue weighted by Crippen LogP contribution is -2.30. The topological polar surface area (TPSA) is 49.6 Å². The highest BCUT2D eigenvalue weighted by atomic mass is 32.1. The highest BCUT2D eigenvalue weighted by Gasteiger charge is 2.21. The summed E-state index contributed by atoms with van der Waals surface area (Å²) in [5.41, 5.74) is 1.87. The third-order valence-electron chi connectivity index (χ3n) is 3.69. The largest absolute Gasteiger partial charge is 0.316 e. The van der Waals surface area contributed by atoms with Gasteiger partial charge in [0.15, 0.2) is 4.96 Å². The molecule has 2 aromatic rings. The lowest BCUT2D eigenvalue weighted by atomic mass is 10.3. The fourth-order valence-corrected chi connectivity index (χ4v) is 3.51. The molecule has 5 nitrogen and oxygen atoms in total. The Kier molecular flexibility index (Phi) is 3.38. The molecule has 1 fully saturated rings. The normalized spacial score (nSPS) is 20.4. The molecule has 0 aliphatic carbocycles. The Morgan fingerprint density at radius 1 is 1.58 bits per heavy atom. The average Bonchev–Trinajstić information content (AvgIpc) is 2.97. The van der Waals surface area contributed by atoms with Crippen LogP contribution in [0.2, 0.25) is 0 Å². The van der Waals surface area contributed by atoms with Crippen LogP contribution >= 0.6 is 11.3 Å². The van der Waals surface area contributed by atoms with E-state index in [4.69, 9.17) is 0 Å².